The Balaban J connectivity index is 2.04. The van der Waals surface area contributed by atoms with Crippen molar-refractivity contribution in [1.82, 2.24) is 0 Å². The molecule has 0 spiro atoms. The molecule has 20 heavy (non-hydrogen) atoms. The third-order valence-electron chi connectivity index (χ3n) is 2.77. The van der Waals surface area contributed by atoms with Gasteiger partial charge in [-0.1, -0.05) is 41.8 Å². The fourth-order valence-electron chi connectivity index (χ4n) is 1.82. The monoisotopic (exact) mass is 261 g/mol. The molecular formula is C18H15NO. The van der Waals surface area contributed by atoms with Crippen molar-refractivity contribution in [3.05, 3.63) is 71.3 Å². The van der Waals surface area contributed by atoms with Crippen LogP contribution in [0.1, 0.15) is 16.7 Å². The fraction of sp³-hybridized carbons (Fsp3) is 0.0556. The van der Waals surface area contributed by atoms with E-state index in [9.17, 15) is 4.79 Å². The summed E-state index contributed by atoms with van der Waals surface area (Å²) in [7, 11) is 0. The van der Waals surface area contributed by atoms with Crippen LogP contribution in [0.5, 0.6) is 0 Å². The first-order valence-corrected chi connectivity index (χ1v) is 6.30. The van der Waals surface area contributed by atoms with Gasteiger partial charge in [0.25, 0.3) is 0 Å². The lowest BCUT2D eigenvalue weighted by atomic mass is 10.1. The van der Waals surface area contributed by atoms with Crippen molar-refractivity contribution in [2.24, 2.45) is 0 Å². The average molecular weight is 261 g/mol. The van der Waals surface area contributed by atoms with E-state index >= 15 is 0 Å². The van der Waals surface area contributed by atoms with Crippen LogP contribution in [0.2, 0.25) is 0 Å². The van der Waals surface area contributed by atoms with Gasteiger partial charge in [-0.05, 0) is 36.8 Å². The quantitative estimate of drug-likeness (QED) is 0.663. The molecule has 0 aliphatic heterocycles. The Hall–Kier alpha value is -2.79. The molecule has 2 rings (SSSR count). The lowest BCUT2D eigenvalue weighted by Gasteiger charge is -2.02. The molecule has 98 valence electrons. The van der Waals surface area contributed by atoms with Crippen LogP contribution in [-0.2, 0) is 4.79 Å². The number of rotatable bonds is 3. The summed E-state index contributed by atoms with van der Waals surface area (Å²) in [4.78, 5) is 11.8. The summed E-state index contributed by atoms with van der Waals surface area (Å²) in [5, 5.41) is 2.78. The van der Waals surface area contributed by atoms with Gasteiger partial charge in [0.15, 0.2) is 0 Å². The van der Waals surface area contributed by atoms with E-state index in [-0.39, 0.29) is 5.91 Å². The predicted octanol–water partition coefficient (Wildman–Crippen LogP) is 3.63. The summed E-state index contributed by atoms with van der Waals surface area (Å²) >= 11 is 0. The van der Waals surface area contributed by atoms with Gasteiger partial charge in [-0.3, -0.25) is 4.79 Å². The maximum Gasteiger partial charge on any atom is 0.248 e. The van der Waals surface area contributed by atoms with Crippen molar-refractivity contribution in [2.45, 2.75) is 6.92 Å². The molecule has 2 heteroatoms. The number of carbonyl (C=O) groups excluding carboxylic acids is 1. The minimum Gasteiger partial charge on any atom is -0.322 e. The van der Waals surface area contributed by atoms with Gasteiger partial charge in [0.2, 0.25) is 5.91 Å². The summed E-state index contributed by atoms with van der Waals surface area (Å²) in [5.41, 5.74) is 3.59. The second-order valence-corrected chi connectivity index (χ2v) is 4.46. The number of anilines is 1. The molecule has 0 bridgehead atoms. The van der Waals surface area contributed by atoms with Gasteiger partial charge < -0.3 is 5.32 Å². The van der Waals surface area contributed by atoms with Crippen molar-refractivity contribution in [3.8, 4) is 12.3 Å². The molecule has 1 N–H and O–H groups in total. The van der Waals surface area contributed by atoms with Crippen molar-refractivity contribution in [2.75, 3.05) is 5.32 Å². The van der Waals surface area contributed by atoms with Crippen molar-refractivity contribution >= 4 is 17.7 Å². The summed E-state index contributed by atoms with van der Waals surface area (Å²) in [6.07, 6.45) is 8.62. The van der Waals surface area contributed by atoms with E-state index in [1.165, 1.54) is 6.08 Å². The predicted molar refractivity (Wildman–Crippen MR) is 83.2 cm³/mol. The molecule has 0 fully saturated rings. The second-order valence-electron chi connectivity index (χ2n) is 4.46. The zero-order valence-corrected chi connectivity index (χ0v) is 11.3. The smallest absolute Gasteiger partial charge is 0.248 e. The van der Waals surface area contributed by atoms with Crippen LogP contribution in [0.4, 0.5) is 5.69 Å². The molecule has 1 amide bonds. The van der Waals surface area contributed by atoms with Crippen molar-refractivity contribution in [3.63, 3.8) is 0 Å². The zero-order chi connectivity index (χ0) is 14.4. The van der Waals surface area contributed by atoms with Gasteiger partial charge in [-0.25, -0.2) is 0 Å². The third kappa shape index (κ3) is 3.86. The first-order chi connectivity index (χ1) is 9.67. The van der Waals surface area contributed by atoms with Crippen molar-refractivity contribution < 1.29 is 4.79 Å². The Morgan fingerprint density at radius 2 is 2.00 bits per heavy atom. The molecule has 2 nitrogen and oxygen atoms in total. The normalized spacial score (nSPS) is 10.2. The molecule has 0 aromatic heterocycles. The molecule has 0 aliphatic carbocycles. The Bertz CT molecular complexity index is 693. The molecule has 0 saturated heterocycles. The molecule has 0 unspecified atom stereocenters. The molecular weight excluding hydrogens is 246 g/mol. The Morgan fingerprint density at radius 3 is 2.75 bits per heavy atom. The molecule has 2 aromatic rings. The topological polar surface area (TPSA) is 29.1 Å². The molecule has 0 radical (unpaired) electrons. The van der Waals surface area contributed by atoms with Crippen LogP contribution in [-0.4, -0.2) is 5.91 Å². The molecule has 2 aromatic carbocycles. The number of hydrogen-bond acceptors (Lipinski definition) is 1. The minimum absolute atomic E-state index is 0.180. The fourth-order valence-corrected chi connectivity index (χ4v) is 1.82. The SMILES string of the molecule is C#Cc1cccc(NC(=O)/C=C/c2cccc(C)c2)c1. The maximum absolute atomic E-state index is 11.8. The van der Waals surface area contributed by atoms with Crippen LogP contribution < -0.4 is 5.32 Å². The minimum atomic E-state index is -0.180. The highest BCUT2D eigenvalue weighted by molar-refractivity contribution is 6.02. The maximum atomic E-state index is 11.8. The van der Waals surface area contributed by atoms with Gasteiger partial charge in [0.05, 0.1) is 0 Å². The lowest BCUT2D eigenvalue weighted by molar-refractivity contribution is -0.111. The Kier molecular flexibility index (Phi) is 4.36. The van der Waals surface area contributed by atoms with Gasteiger partial charge in [-0.2, -0.15) is 0 Å². The highest BCUT2D eigenvalue weighted by Gasteiger charge is 1.98. The molecule has 0 heterocycles. The van der Waals surface area contributed by atoms with E-state index in [1.54, 1.807) is 18.2 Å². The van der Waals surface area contributed by atoms with E-state index < -0.39 is 0 Å². The highest BCUT2D eigenvalue weighted by atomic mass is 16.1. The number of carbonyl (C=O) groups is 1. The zero-order valence-electron chi connectivity index (χ0n) is 11.3. The van der Waals surface area contributed by atoms with Crippen LogP contribution in [0.25, 0.3) is 6.08 Å². The summed E-state index contributed by atoms with van der Waals surface area (Å²) in [6.45, 7) is 2.02. The Labute approximate surface area is 119 Å². The van der Waals surface area contributed by atoms with Crippen LogP contribution in [0, 0.1) is 19.3 Å². The van der Waals surface area contributed by atoms with Gasteiger partial charge in [-0.15, -0.1) is 6.42 Å². The molecule has 0 aliphatic rings. The highest BCUT2D eigenvalue weighted by Crippen LogP contribution is 2.10. The number of nitrogens with one attached hydrogen (secondary N) is 1. The van der Waals surface area contributed by atoms with Gasteiger partial charge in [0.1, 0.15) is 0 Å². The van der Waals surface area contributed by atoms with Crippen LogP contribution in [0.3, 0.4) is 0 Å². The first-order valence-electron chi connectivity index (χ1n) is 6.30. The summed E-state index contributed by atoms with van der Waals surface area (Å²) in [6, 6.07) is 15.1. The van der Waals surface area contributed by atoms with E-state index in [2.05, 4.69) is 11.2 Å². The molecule has 0 saturated carbocycles. The molecule has 0 atom stereocenters. The number of amides is 1. The van der Waals surface area contributed by atoms with Crippen LogP contribution >= 0.6 is 0 Å². The lowest BCUT2D eigenvalue weighted by Crippen LogP contribution is -2.07. The largest absolute Gasteiger partial charge is 0.322 e. The summed E-state index contributed by atoms with van der Waals surface area (Å²) in [5.74, 6) is 2.36. The average Bonchev–Trinajstić information content (AvgIpc) is 2.45. The standard InChI is InChI=1S/C18H15NO/c1-3-15-7-5-9-17(13-15)19-18(20)11-10-16-8-4-6-14(2)12-16/h1,4-13H,2H3,(H,19,20)/b11-10+. The van der Waals surface area contributed by atoms with Gasteiger partial charge >= 0.3 is 0 Å². The van der Waals surface area contributed by atoms with Crippen LogP contribution in [0.15, 0.2) is 54.6 Å². The second kappa shape index (κ2) is 6.40. The first kappa shape index (κ1) is 13.6. The number of benzene rings is 2. The number of hydrogen-bond donors (Lipinski definition) is 1. The van der Waals surface area contributed by atoms with Gasteiger partial charge in [0, 0.05) is 17.3 Å². The van der Waals surface area contributed by atoms with E-state index in [1.807, 2.05) is 43.3 Å². The van der Waals surface area contributed by atoms with E-state index in [4.69, 9.17) is 6.42 Å². The summed E-state index contributed by atoms with van der Waals surface area (Å²) < 4.78 is 0. The Morgan fingerprint density at radius 1 is 1.20 bits per heavy atom. The number of aryl methyl sites for hydroxylation is 1. The van der Waals surface area contributed by atoms with E-state index in [0.717, 1.165) is 16.7 Å². The third-order valence-corrected chi connectivity index (χ3v) is 2.77. The number of terminal acetylenes is 1. The van der Waals surface area contributed by atoms with E-state index in [0.29, 0.717) is 5.69 Å². The van der Waals surface area contributed by atoms with Crippen molar-refractivity contribution in [1.29, 1.82) is 0 Å².